The lowest BCUT2D eigenvalue weighted by Crippen LogP contribution is -2.38. The number of hydrogen-bond donors (Lipinski definition) is 3. The summed E-state index contributed by atoms with van der Waals surface area (Å²) in [5.74, 6) is 1.62. The molecule has 0 fully saturated rings. The lowest BCUT2D eigenvalue weighted by Gasteiger charge is -2.11. The number of rotatable bonds is 5. The van der Waals surface area contributed by atoms with Crippen molar-refractivity contribution >= 4 is 16.9 Å². The van der Waals surface area contributed by atoms with E-state index < -0.39 is 0 Å². The van der Waals surface area contributed by atoms with Gasteiger partial charge in [0, 0.05) is 37.7 Å². The van der Waals surface area contributed by atoms with Crippen molar-refractivity contribution in [1.82, 2.24) is 30.4 Å². The van der Waals surface area contributed by atoms with E-state index in [2.05, 4.69) is 62.0 Å². The Balaban J connectivity index is 1.55. The number of guanidine groups is 1. The number of fused-ring (bicyclic) bond motifs is 1. The van der Waals surface area contributed by atoms with Crippen LogP contribution in [-0.2, 0) is 20.0 Å². The van der Waals surface area contributed by atoms with Gasteiger partial charge in [-0.05, 0) is 30.5 Å². The Bertz CT molecular complexity index is 844. The van der Waals surface area contributed by atoms with E-state index in [1.807, 2.05) is 7.05 Å². The first-order chi connectivity index (χ1) is 11.7. The molecule has 3 aromatic rings. The molecule has 0 aliphatic rings. The number of nitrogens with one attached hydrogen (secondary N) is 3. The first-order valence-electron chi connectivity index (χ1n) is 8.02. The summed E-state index contributed by atoms with van der Waals surface area (Å²) in [6, 6.07) is 6.34. The molecule has 0 bridgehead atoms. The molecule has 0 aliphatic heterocycles. The first-order valence-corrected chi connectivity index (χ1v) is 8.02. The fraction of sp³-hybridized carbons (Fsp3) is 0.353. The van der Waals surface area contributed by atoms with Gasteiger partial charge in [0.2, 0.25) is 0 Å². The largest absolute Gasteiger partial charge is 0.361 e. The Morgan fingerprint density at radius 2 is 2.21 bits per heavy atom. The smallest absolute Gasteiger partial charge is 0.191 e. The van der Waals surface area contributed by atoms with Crippen molar-refractivity contribution in [2.24, 2.45) is 12.0 Å². The molecule has 7 heteroatoms. The van der Waals surface area contributed by atoms with Crippen molar-refractivity contribution in [3.8, 4) is 0 Å². The fourth-order valence-corrected chi connectivity index (χ4v) is 2.83. The van der Waals surface area contributed by atoms with Crippen LogP contribution >= 0.6 is 0 Å². The number of hydrogen-bond acceptors (Lipinski definition) is 3. The van der Waals surface area contributed by atoms with Crippen LogP contribution < -0.4 is 10.6 Å². The van der Waals surface area contributed by atoms with Crippen LogP contribution in [0.2, 0.25) is 0 Å². The summed E-state index contributed by atoms with van der Waals surface area (Å²) in [6.07, 6.45) is 4.57. The number of nitrogens with zero attached hydrogens (tertiary/aromatic N) is 4. The third-order valence-electron chi connectivity index (χ3n) is 4.13. The van der Waals surface area contributed by atoms with Gasteiger partial charge in [-0.25, -0.2) is 4.98 Å². The zero-order valence-electron chi connectivity index (χ0n) is 14.3. The van der Waals surface area contributed by atoms with Crippen LogP contribution in [0.25, 0.3) is 10.9 Å². The summed E-state index contributed by atoms with van der Waals surface area (Å²) in [5, 5.41) is 12.0. The first kappa shape index (κ1) is 16.0. The lowest BCUT2D eigenvalue weighted by atomic mass is 10.1. The van der Waals surface area contributed by atoms with Crippen LogP contribution in [0.3, 0.4) is 0 Å². The average molecular weight is 325 g/mol. The van der Waals surface area contributed by atoms with E-state index >= 15 is 0 Å². The number of aromatic amines is 1. The van der Waals surface area contributed by atoms with Gasteiger partial charge in [-0.3, -0.25) is 9.67 Å². The van der Waals surface area contributed by atoms with Crippen LogP contribution in [0, 0.1) is 6.92 Å². The van der Waals surface area contributed by atoms with Gasteiger partial charge in [0.1, 0.15) is 12.2 Å². The van der Waals surface area contributed by atoms with Crippen molar-refractivity contribution in [2.45, 2.75) is 19.9 Å². The summed E-state index contributed by atoms with van der Waals surface area (Å²) in [4.78, 5) is 11.8. The second-order valence-corrected chi connectivity index (χ2v) is 5.71. The molecule has 0 saturated carbocycles. The third-order valence-corrected chi connectivity index (χ3v) is 4.13. The topological polar surface area (TPSA) is 82.9 Å². The molecule has 126 valence electrons. The third kappa shape index (κ3) is 3.40. The van der Waals surface area contributed by atoms with Crippen molar-refractivity contribution in [3.05, 3.63) is 47.7 Å². The molecule has 0 saturated heterocycles. The molecule has 0 amide bonds. The highest BCUT2D eigenvalue weighted by atomic mass is 15.3. The standard InChI is InChI=1S/C17H23N7/c1-12-5-4-6-14-16(12)13(9-20-14)7-8-19-17(18-2)21-10-15-22-11-23-24(15)3/h4-6,9,11,20H,7-8,10H2,1-3H3,(H2,18,19,21). The number of aliphatic imine (C=N–C) groups is 1. The summed E-state index contributed by atoms with van der Waals surface area (Å²) in [5.41, 5.74) is 3.81. The number of aryl methyl sites for hydroxylation is 2. The van der Waals surface area contributed by atoms with Gasteiger partial charge in [-0.1, -0.05) is 12.1 Å². The molecule has 0 spiro atoms. The molecule has 1 aromatic carbocycles. The van der Waals surface area contributed by atoms with E-state index in [9.17, 15) is 0 Å². The van der Waals surface area contributed by atoms with Crippen LogP contribution in [0.15, 0.2) is 35.7 Å². The predicted molar refractivity (Wildman–Crippen MR) is 95.9 cm³/mol. The van der Waals surface area contributed by atoms with Crippen molar-refractivity contribution < 1.29 is 0 Å². The number of aromatic nitrogens is 4. The minimum atomic E-state index is 0.586. The van der Waals surface area contributed by atoms with Crippen molar-refractivity contribution in [2.75, 3.05) is 13.6 Å². The monoisotopic (exact) mass is 325 g/mol. The van der Waals surface area contributed by atoms with Gasteiger partial charge in [-0.2, -0.15) is 5.10 Å². The Kier molecular flexibility index (Phi) is 4.79. The van der Waals surface area contributed by atoms with Crippen molar-refractivity contribution in [1.29, 1.82) is 0 Å². The second-order valence-electron chi connectivity index (χ2n) is 5.71. The SMILES string of the molecule is CN=C(NCCc1c[nH]c2cccc(C)c12)NCc1ncnn1C. The van der Waals surface area contributed by atoms with E-state index in [1.54, 1.807) is 18.1 Å². The number of H-pyrrole nitrogens is 1. The van der Waals surface area contributed by atoms with Gasteiger partial charge >= 0.3 is 0 Å². The Hall–Kier alpha value is -2.83. The fourth-order valence-electron chi connectivity index (χ4n) is 2.83. The maximum atomic E-state index is 4.25. The van der Waals surface area contributed by atoms with Gasteiger partial charge in [0.05, 0.1) is 6.54 Å². The molecule has 0 atom stereocenters. The van der Waals surface area contributed by atoms with Crippen molar-refractivity contribution in [3.63, 3.8) is 0 Å². The molecule has 3 N–H and O–H groups in total. The van der Waals surface area contributed by atoms with Gasteiger partial charge < -0.3 is 15.6 Å². The van der Waals surface area contributed by atoms with Gasteiger partial charge in [0.15, 0.2) is 5.96 Å². The minimum Gasteiger partial charge on any atom is -0.361 e. The number of benzene rings is 1. The molecule has 3 rings (SSSR count). The Labute approximate surface area is 141 Å². The molecular weight excluding hydrogens is 302 g/mol. The van der Waals surface area contributed by atoms with E-state index in [1.165, 1.54) is 22.0 Å². The zero-order chi connectivity index (χ0) is 16.9. The molecule has 0 aliphatic carbocycles. The molecule has 2 aromatic heterocycles. The van der Waals surface area contributed by atoms with E-state index in [4.69, 9.17) is 0 Å². The normalized spacial score (nSPS) is 11.9. The molecular formula is C17H23N7. The minimum absolute atomic E-state index is 0.586. The summed E-state index contributed by atoms with van der Waals surface area (Å²) in [6.45, 7) is 3.54. The van der Waals surface area contributed by atoms with Crippen LogP contribution in [-0.4, -0.2) is 39.3 Å². The highest BCUT2D eigenvalue weighted by molar-refractivity contribution is 5.86. The predicted octanol–water partition coefficient (Wildman–Crippen LogP) is 1.51. The molecule has 2 heterocycles. The van der Waals surface area contributed by atoms with Crippen LogP contribution in [0.5, 0.6) is 0 Å². The maximum Gasteiger partial charge on any atom is 0.191 e. The summed E-state index contributed by atoms with van der Waals surface area (Å²) < 4.78 is 1.75. The maximum absolute atomic E-state index is 4.25. The van der Waals surface area contributed by atoms with Crippen LogP contribution in [0.4, 0.5) is 0 Å². The van der Waals surface area contributed by atoms with E-state index in [0.29, 0.717) is 6.54 Å². The summed E-state index contributed by atoms with van der Waals surface area (Å²) >= 11 is 0. The highest BCUT2D eigenvalue weighted by Crippen LogP contribution is 2.22. The molecule has 0 unspecified atom stereocenters. The quantitative estimate of drug-likeness (QED) is 0.490. The van der Waals surface area contributed by atoms with Crippen LogP contribution in [0.1, 0.15) is 17.0 Å². The average Bonchev–Trinajstić information content (AvgIpc) is 3.18. The molecule has 7 nitrogen and oxygen atoms in total. The Morgan fingerprint density at radius 1 is 1.33 bits per heavy atom. The molecule has 24 heavy (non-hydrogen) atoms. The lowest BCUT2D eigenvalue weighted by molar-refractivity contribution is 0.672. The van der Waals surface area contributed by atoms with Gasteiger partial charge in [-0.15, -0.1) is 0 Å². The van der Waals surface area contributed by atoms with E-state index in [-0.39, 0.29) is 0 Å². The zero-order valence-corrected chi connectivity index (χ0v) is 14.3. The highest BCUT2D eigenvalue weighted by Gasteiger charge is 2.07. The summed E-state index contributed by atoms with van der Waals surface area (Å²) in [7, 11) is 3.64. The molecule has 0 radical (unpaired) electrons. The van der Waals surface area contributed by atoms with E-state index in [0.717, 1.165) is 24.7 Å². The Morgan fingerprint density at radius 3 is 2.96 bits per heavy atom. The van der Waals surface area contributed by atoms with Gasteiger partial charge in [0.25, 0.3) is 0 Å². The second kappa shape index (κ2) is 7.16.